The summed E-state index contributed by atoms with van der Waals surface area (Å²) in [6.45, 7) is 9.99. The van der Waals surface area contributed by atoms with Gasteiger partial charge in [-0.15, -0.1) is 10.2 Å². The van der Waals surface area contributed by atoms with E-state index in [2.05, 4.69) is 15.2 Å². The number of benzene rings is 1. The molecule has 44 heavy (non-hydrogen) atoms. The number of hydrogen-bond acceptors (Lipinski definition) is 7. The van der Waals surface area contributed by atoms with E-state index in [9.17, 15) is 31.5 Å². The van der Waals surface area contributed by atoms with Gasteiger partial charge in [-0.2, -0.15) is 17.5 Å². The van der Waals surface area contributed by atoms with E-state index in [-0.39, 0.29) is 29.5 Å². The number of sulfonamides is 1. The smallest absolute Gasteiger partial charge is 0.452 e. The fourth-order valence-electron chi connectivity index (χ4n) is 5.68. The molecule has 234 valence electrons. The fourth-order valence-corrected chi connectivity index (χ4v) is 7.31. The Kier molecular flexibility index (Phi) is 7.52. The summed E-state index contributed by atoms with van der Waals surface area (Å²) in [5.74, 6) is -3.14. The van der Waals surface area contributed by atoms with Crippen LogP contribution in [0.3, 0.4) is 0 Å². The first-order valence-electron chi connectivity index (χ1n) is 13.7. The maximum atomic E-state index is 13.8. The molecule has 1 unspecified atom stereocenters. The van der Waals surface area contributed by atoms with Crippen LogP contribution in [0.4, 0.5) is 13.2 Å². The molecule has 4 heterocycles. The molecule has 3 aromatic heterocycles. The van der Waals surface area contributed by atoms with Crippen LogP contribution in [0, 0.1) is 19.3 Å². The van der Waals surface area contributed by atoms with Gasteiger partial charge in [0, 0.05) is 24.9 Å². The Labute approximate surface area is 252 Å². The first-order valence-corrected chi connectivity index (χ1v) is 15.2. The first-order chi connectivity index (χ1) is 20.3. The summed E-state index contributed by atoms with van der Waals surface area (Å²) in [5, 5.41) is 17.4. The van der Waals surface area contributed by atoms with Crippen molar-refractivity contribution in [2.24, 2.45) is 5.41 Å². The van der Waals surface area contributed by atoms with Crippen molar-refractivity contribution < 1.29 is 36.2 Å². The number of nitrogens with zero attached hydrogens (tertiary/aromatic N) is 5. The third kappa shape index (κ3) is 5.40. The molecule has 0 bridgehead atoms. The molecule has 1 aliphatic heterocycles. The zero-order valence-electron chi connectivity index (χ0n) is 25.0. The second kappa shape index (κ2) is 10.5. The fraction of sp³-hybridized carbons (Fsp3) is 0.400. The van der Waals surface area contributed by atoms with E-state index in [1.165, 1.54) is 48.7 Å². The molecule has 1 N–H and O–H groups in total. The number of aliphatic carboxylic acids is 1. The maximum Gasteiger partial charge on any atom is 0.452 e. The minimum absolute atomic E-state index is 0.0155. The van der Waals surface area contributed by atoms with Crippen LogP contribution < -0.4 is 4.74 Å². The number of aromatic nitrogens is 4. The number of hydrogen-bond donors (Lipinski definition) is 1. The minimum Gasteiger partial charge on any atom is -0.481 e. The molecule has 0 saturated carbocycles. The Morgan fingerprint density at radius 2 is 1.84 bits per heavy atom. The number of ether oxygens (including phenoxy) is 1. The summed E-state index contributed by atoms with van der Waals surface area (Å²) in [6, 6.07) is 9.72. The lowest BCUT2D eigenvalue weighted by Crippen LogP contribution is -2.42. The molecular formula is C30H32F3N5O5S. The van der Waals surface area contributed by atoms with Crippen molar-refractivity contribution in [3.05, 3.63) is 82.4 Å². The van der Waals surface area contributed by atoms with Crippen LogP contribution in [0.5, 0.6) is 5.88 Å². The topological polar surface area (TPSA) is 127 Å². The number of halogens is 3. The van der Waals surface area contributed by atoms with Crippen molar-refractivity contribution >= 4 is 21.6 Å². The molecule has 10 nitrogen and oxygen atoms in total. The molecule has 0 aliphatic carbocycles. The minimum atomic E-state index is -4.73. The highest BCUT2D eigenvalue weighted by Crippen LogP contribution is 2.44. The predicted molar refractivity (Wildman–Crippen MR) is 154 cm³/mol. The molecular weight excluding hydrogens is 599 g/mol. The highest BCUT2D eigenvalue weighted by Gasteiger charge is 2.43. The van der Waals surface area contributed by atoms with Gasteiger partial charge >= 0.3 is 12.1 Å². The number of carboxylic acids is 1. The van der Waals surface area contributed by atoms with Crippen LogP contribution in [-0.4, -0.2) is 55.5 Å². The lowest BCUT2D eigenvalue weighted by molar-refractivity contribution is -0.147. The van der Waals surface area contributed by atoms with E-state index in [1.807, 2.05) is 6.92 Å². The van der Waals surface area contributed by atoms with Gasteiger partial charge in [0.1, 0.15) is 10.5 Å². The standard InChI is InChI=1S/C30H32F3N5O5S/c1-17-9-10-19(14-20(17)15-37-16-28(3,4)43-25-22(44(37,41)42)8-7-12-34-25)23(29(5,6)27(39)40)21-11-13-38-24(18(21)2)35-36-26(38)30(31,32)33/h7-14,23H,15-16H2,1-6H3,(H,39,40). The van der Waals surface area contributed by atoms with Crippen molar-refractivity contribution in [2.45, 2.75) is 70.7 Å². The molecule has 0 amide bonds. The van der Waals surface area contributed by atoms with Crippen LogP contribution in [-0.2, 0) is 27.5 Å². The van der Waals surface area contributed by atoms with E-state index < -0.39 is 44.9 Å². The lowest BCUT2D eigenvalue weighted by atomic mass is 9.70. The lowest BCUT2D eigenvalue weighted by Gasteiger charge is -2.33. The Balaban J connectivity index is 1.64. The Morgan fingerprint density at radius 3 is 2.50 bits per heavy atom. The van der Waals surface area contributed by atoms with E-state index in [0.717, 1.165) is 9.96 Å². The number of pyridine rings is 2. The zero-order chi connectivity index (χ0) is 32.4. The third-order valence-electron chi connectivity index (χ3n) is 8.04. The number of alkyl halides is 3. The quantitative estimate of drug-likeness (QED) is 0.301. The van der Waals surface area contributed by atoms with E-state index in [1.54, 1.807) is 39.0 Å². The second-order valence-electron chi connectivity index (χ2n) is 12.2. The zero-order valence-corrected chi connectivity index (χ0v) is 25.8. The Bertz CT molecular complexity index is 1890. The van der Waals surface area contributed by atoms with Crippen LogP contribution in [0.15, 0.2) is 53.7 Å². The monoisotopic (exact) mass is 631 g/mol. The maximum absolute atomic E-state index is 13.8. The summed E-state index contributed by atoms with van der Waals surface area (Å²) in [7, 11) is -4.03. The molecule has 1 atom stereocenters. The third-order valence-corrected chi connectivity index (χ3v) is 9.85. The van der Waals surface area contributed by atoms with Crippen LogP contribution in [0.1, 0.15) is 67.3 Å². The van der Waals surface area contributed by atoms with Crippen molar-refractivity contribution in [2.75, 3.05) is 6.54 Å². The summed E-state index contributed by atoms with van der Waals surface area (Å²) >= 11 is 0. The summed E-state index contributed by atoms with van der Waals surface area (Å²) in [4.78, 5) is 16.7. The highest BCUT2D eigenvalue weighted by molar-refractivity contribution is 7.89. The number of fused-ring (bicyclic) bond motifs is 2. The van der Waals surface area contributed by atoms with Gasteiger partial charge in [0.25, 0.3) is 0 Å². The largest absolute Gasteiger partial charge is 0.481 e. The molecule has 14 heteroatoms. The second-order valence-corrected chi connectivity index (χ2v) is 14.1. The van der Waals surface area contributed by atoms with Gasteiger partial charge in [0.15, 0.2) is 5.65 Å². The van der Waals surface area contributed by atoms with Crippen LogP contribution in [0.2, 0.25) is 0 Å². The summed E-state index contributed by atoms with van der Waals surface area (Å²) in [6.07, 6.45) is -2.08. The van der Waals surface area contributed by atoms with Gasteiger partial charge in [0.05, 0.1) is 12.0 Å². The molecule has 0 spiro atoms. The van der Waals surface area contributed by atoms with Gasteiger partial charge in [-0.3, -0.25) is 9.20 Å². The summed E-state index contributed by atoms with van der Waals surface area (Å²) in [5.41, 5.74) is 0.353. The number of rotatable bonds is 6. The Morgan fingerprint density at radius 1 is 1.14 bits per heavy atom. The van der Waals surface area contributed by atoms with Crippen molar-refractivity contribution in [3.8, 4) is 5.88 Å². The van der Waals surface area contributed by atoms with Gasteiger partial charge in [-0.1, -0.05) is 18.2 Å². The van der Waals surface area contributed by atoms with Gasteiger partial charge in [-0.25, -0.2) is 13.4 Å². The van der Waals surface area contributed by atoms with E-state index in [4.69, 9.17) is 4.74 Å². The first kappa shape index (κ1) is 31.4. The molecule has 0 fully saturated rings. The van der Waals surface area contributed by atoms with E-state index in [0.29, 0.717) is 22.3 Å². The molecule has 0 radical (unpaired) electrons. The molecule has 0 saturated heterocycles. The summed E-state index contributed by atoms with van der Waals surface area (Å²) < 4.78 is 76.3. The average molecular weight is 632 g/mol. The van der Waals surface area contributed by atoms with Crippen molar-refractivity contribution in [1.82, 2.24) is 23.9 Å². The van der Waals surface area contributed by atoms with Gasteiger partial charge in [-0.05, 0) is 87.6 Å². The average Bonchev–Trinajstić information content (AvgIpc) is 3.34. The molecule has 5 rings (SSSR count). The van der Waals surface area contributed by atoms with Gasteiger partial charge < -0.3 is 9.84 Å². The van der Waals surface area contributed by atoms with E-state index >= 15 is 0 Å². The van der Waals surface area contributed by atoms with Crippen LogP contribution >= 0.6 is 0 Å². The number of carboxylic acid groups (broad SMARTS) is 1. The normalized spacial score (nSPS) is 17.5. The number of carbonyl (C=O) groups is 1. The van der Waals surface area contributed by atoms with Crippen LogP contribution in [0.25, 0.3) is 5.65 Å². The SMILES string of the molecule is Cc1ccc(C(c2ccn3c(C(F)(F)F)nnc3c2C)C(C)(C)C(=O)O)cc1CN1CC(C)(C)Oc2ncccc2S1(=O)=O. The molecule has 4 aromatic rings. The molecule has 1 aromatic carbocycles. The van der Waals surface area contributed by atoms with Crippen molar-refractivity contribution in [1.29, 1.82) is 0 Å². The molecule has 1 aliphatic rings. The highest BCUT2D eigenvalue weighted by atomic mass is 32.2. The number of aryl methyl sites for hydroxylation is 2. The predicted octanol–water partition coefficient (Wildman–Crippen LogP) is 5.36. The van der Waals surface area contributed by atoms with Gasteiger partial charge in [0.2, 0.25) is 21.7 Å². The van der Waals surface area contributed by atoms with Crippen molar-refractivity contribution in [3.63, 3.8) is 0 Å². The Hall–Kier alpha value is -4.04.